The van der Waals surface area contributed by atoms with Crippen molar-refractivity contribution in [2.75, 3.05) is 5.73 Å². The number of carbonyl (C=O) groups excluding carboxylic acids is 1. The molecule has 1 heterocycles. The molecule has 0 aliphatic carbocycles. The van der Waals surface area contributed by atoms with Gasteiger partial charge in [-0.2, -0.15) is 16.6 Å². The first-order valence-electron chi connectivity index (χ1n) is 5.57. The van der Waals surface area contributed by atoms with Crippen LogP contribution in [0.1, 0.15) is 5.56 Å². The van der Waals surface area contributed by atoms with E-state index in [2.05, 4.69) is 4.98 Å². The summed E-state index contributed by atoms with van der Waals surface area (Å²) in [4.78, 5) is 14.6. The van der Waals surface area contributed by atoms with Crippen LogP contribution >= 0.6 is 0 Å². The Morgan fingerprint density at radius 3 is 2.48 bits per heavy atom. The molecule has 0 saturated heterocycles. The quantitative estimate of drug-likeness (QED) is 0.554. The van der Waals surface area contributed by atoms with Crippen molar-refractivity contribution < 1.29 is 38.8 Å². The summed E-state index contributed by atoms with van der Waals surface area (Å²) in [5, 5.41) is 0. The molecule has 0 radical (unpaired) electrons. The molecule has 0 aliphatic heterocycles. The second-order valence-corrected chi connectivity index (χ2v) is 4.10. The number of hydrogen-bond donors (Lipinski definition) is 1. The van der Waals surface area contributed by atoms with Gasteiger partial charge >= 0.3 is 29.6 Å². The molecule has 0 saturated carbocycles. The Kier molecular flexibility index (Phi) is 5.54. The number of nitrogens with one attached hydrogen (secondary N) is 1. The fourth-order valence-corrected chi connectivity index (χ4v) is 1.94. The Bertz CT molecular complexity index is 784. The average molecular weight is 289 g/mol. The summed E-state index contributed by atoms with van der Waals surface area (Å²) < 4.78 is 5.20. The normalized spacial score (nSPS) is 9.71. The fourth-order valence-electron chi connectivity index (χ4n) is 1.94. The van der Waals surface area contributed by atoms with Gasteiger partial charge in [-0.25, -0.2) is 0 Å². The van der Waals surface area contributed by atoms with E-state index in [9.17, 15) is 4.79 Å². The third-order valence-electron chi connectivity index (χ3n) is 2.87. The predicted molar refractivity (Wildman–Crippen MR) is 79.0 cm³/mol. The van der Waals surface area contributed by atoms with Gasteiger partial charge in [0.1, 0.15) is 5.52 Å². The average Bonchev–Trinajstić information content (AvgIpc) is 2.77. The van der Waals surface area contributed by atoms with Crippen molar-refractivity contribution in [2.45, 2.75) is 0 Å². The maximum absolute atomic E-state index is 10.6. The number of rotatable bonds is 2. The van der Waals surface area contributed by atoms with Crippen molar-refractivity contribution in [3.8, 4) is 11.1 Å². The predicted octanol–water partition coefficient (Wildman–Crippen LogP) is 0.673. The van der Waals surface area contributed by atoms with Crippen LogP contribution in [-0.4, -0.2) is 11.3 Å². The first kappa shape index (κ1) is 17.2. The molecule has 3 rings (SSSR count). The van der Waals surface area contributed by atoms with Gasteiger partial charge in [0, 0.05) is 0 Å². The Balaban J connectivity index is 0.00000110. The molecule has 3 N–H and O–H groups in total. The maximum atomic E-state index is 10.6. The first-order chi connectivity index (χ1) is 9.17. The van der Waals surface area contributed by atoms with Crippen LogP contribution in [0.15, 0.2) is 40.8 Å². The van der Waals surface area contributed by atoms with Crippen LogP contribution < -0.4 is 35.3 Å². The molecular formula is C15H12N3NaO2-2. The number of nitrogens with two attached hydrogens (primary N) is 1. The molecule has 3 aromatic rings. The number of benzene rings is 2. The van der Waals surface area contributed by atoms with E-state index in [1.165, 1.54) is 0 Å². The number of anilines is 1. The van der Waals surface area contributed by atoms with Crippen molar-refractivity contribution in [1.82, 2.24) is 4.98 Å². The molecular weight excluding hydrogens is 277 g/mol. The van der Waals surface area contributed by atoms with Gasteiger partial charge in [-0.3, -0.25) is 5.69 Å². The van der Waals surface area contributed by atoms with Crippen molar-refractivity contribution in [2.24, 2.45) is 0 Å². The molecule has 0 amide bonds. The van der Waals surface area contributed by atoms with Gasteiger partial charge in [0.05, 0.1) is 6.29 Å². The Morgan fingerprint density at radius 1 is 1.14 bits per heavy atom. The summed E-state index contributed by atoms with van der Waals surface area (Å²) in [6.45, 7) is 0. The van der Waals surface area contributed by atoms with Gasteiger partial charge in [-0.1, -0.05) is 6.07 Å². The summed E-state index contributed by atoms with van der Waals surface area (Å²) >= 11 is 0. The van der Waals surface area contributed by atoms with E-state index in [1.54, 1.807) is 30.6 Å². The van der Waals surface area contributed by atoms with E-state index < -0.39 is 0 Å². The summed E-state index contributed by atoms with van der Waals surface area (Å²) in [7, 11) is 0. The number of nitrogen functional groups attached to an aromatic ring is 1. The second kappa shape index (κ2) is 6.76. The molecule has 1 aromatic heterocycles. The van der Waals surface area contributed by atoms with E-state index in [4.69, 9.17) is 15.9 Å². The van der Waals surface area contributed by atoms with E-state index in [1.807, 2.05) is 12.1 Å². The zero-order chi connectivity index (χ0) is 13.4. The first-order valence-corrected chi connectivity index (χ1v) is 5.57. The van der Waals surface area contributed by atoms with Gasteiger partial charge in [0.2, 0.25) is 0 Å². The zero-order valence-corrected chi connectivity index (χ0v) is 13.8. The van der Waals surface area contributed by atoms with E-state index >= 15 is 0 Å². The summed E-state index contributed by atoms with van der Waals surface area (Å²) in [5.41, 5.74) is 16.6. The van der Waals surface area contributed by atoms with E-state index in [-0.39, 0.29) is 54.2 Å². The number of aromatic nitrogens is 1. The summed E-state index contributed by atoms with van der Waals surface area (Å²) in [6, 6.07) is 10.5. The van der Waals surface area contributed by atoms with Gasteiger partial charge in [-0.15, -0.1) is 12.1 Å². The standard InChI is InChI=1S/C14H9N3O2.CH3.Na/c15-11-5-8(1-2-10(11)7-18)9-3-4-13-12(6-9)17-14(16)19-13;;/h1-6,15H,(H2,16,17);1H3;/q-2;-1;+1. The molecule has 2 aromatic carbocycles. The Labute approximate surface area is 144 Å². The molecule has 21 heavy (non-hydrogen) atoms. The van der Waals surface area contributed by atoms with E-state index in [0.717, 1.165) is 11.1 Å². The molecule has 0 atom stereocenters. The molecule has 102 valence electrons. The minimum atomic E-state index is 0. The number of fused-ring (bicyclic) bond motifs is 1. The van der Waals surface area contributed by atoms with Crippen molar-refractivity contribution in [3.05, 3.63) is 55.1 Å². The van der Waals surface area contributed by atoms with Crippen LogP contribution in [0.3, 0.4) is 0 Å². The van der Waals surface area contributed by atoms with Crippen molar-refractivity contribution in [1.29, 1.82) is 0 Å². The third-order valence-corrected chi connectivity index (χ3v) is 2.87. The van der Waals surface area contributed by atoms with Gasteiger partial charge in [0.15, 0.2) is 5.58 Å². The maximum Gasteiger partial charge on any atom is 1.00 e. The number of oxazole rings is 1. The smallest absolute Gasteiger partial charge is 0.756 e. The number of nitrogens with zero attached hydrogens (tertiary/aromatic N) is 1. The van der Waals surface area contributed by atoms with Crippen LogP contribution in [0, 0.1) is 7.43 Å². The molecule has 0 unspecified atom stereocenters. The van der Waals surface area contributed by atoms with Gasteiger partial charge < -0.3 is 28.1 Å². The Morgan fingerprint density at radius 2 is 1.81 bits per heavy atom. The molecule has 0 bridgehead atoms. The second-order valence-electron chi connectivity index (χ2n) is 4.10. The topological polar surface area (TPSA) is 92.9 Å². The molecule has 6 heteroatoms. The minimum absolute atomic E-state index is 0. The molecule has 0 spiro atoms. The van der Waals surface area contributed by atoms with Crippen LogP contribution in [-0.2, 0) is 4.79 Å². The van der Waals surface area contributed by atoms with Gasteiger partial charge in [0.25, 0.3) is 6.01 Å². The third kappa shape index (κ3) is 3.26. The van der Waals surface area contributed by atoms with Crippen LogP contribution in [0.2, 0.25) is 0 Å². The van der Waals surface area contributed by atoms with Crippen LogP contribution in [0.4, 0.5) is 11.7 Å². The van der Waals surface area contributed by atoms with E-state index in [0.29, 0.717) is 11.1 Å². The molecule has 5 nitrogen and oxygen atoms in total. The zero-order valence-electron chi connectivity index (χ0n) is 11.8. The largest absolute Gasteiger partial charge is 1.00 e. The number of hydrogen-bond acceptors (Lipinski definition) is 4. The Hall–Kier alpha value is -1.82. The monoisotopic (exact) mass is 289 g/mol. The summed E-state index contributed by atoms with van der Waals surface area (Å²) in [6.07, 6.45) is 1.73. The molecule has 0 fully saturated rings. The summed E-state index contributed by atoms with van der Waals surface area (Å²) in [5.74, 6) is 0. The fraction of sp³-hybridized carbons (Fsp3) is 0. The van der Waals surface area contributed by atoms with Gasteiger partial charge in [-0.05, 0) is 23.3 Å². The van der Waals surface area contributed by atoms with Crippen molar-refractivity contribution in [3.63, 3.8) is 0 Å². The minimum Gasteiger partial charge on any atom is -0.756 e. The van der Waals surface area contributed by atoms with Crippen LogP contribution in [0.5, 0.6) is 0 Å². The SMILES string of the molecule is [CH3-].[NH-]c1cc(-c2ccc3oc(N)nc3c2)ccc1[C-]=O.[Na+]. The van der Waals surface area contributed by atoms with Crippen LogP contribution in [0.25, 0.3) is 28.0 Å². The molecule has 0 aliphatic rings. The van der Waals surface area contributed by atoms with Crippen molar-refractivity contribution >= 4 is 29.1 Å².